The summed E-state index contributed by atoms with van der Waals surface area (Å²) in [5, 5.41) is 0. The molecule has 0 radical (unpaired) electrons. The minimum Gasteiger partial charge on any atom is -0.469 e. The highest BCUT2D eigenvalue weighted by atomic mass is 32.2. The van der Waals surface area contributed by atoms with Gasteiger partial charge in [-0.05, 0) is 24.6 Å². The second-order valence-electron chi connectivity index (χ2n) is 4.87. The Kier molecular flexibility index (Phi) is 5.39. The first-order valence-electron chi connectivity index (χ1n) is 7.16. The van der Waals surface area contributed by atoms with E-state index in [1.165, 1.54) is 25.3 Å². The van der Waals surface area contributed by atoms with Gasteiger partial charge in [0.1, 0.15) is 10.6 Å². The molecule has 1 atom stereocenters. The molecule has 6 heteroatoms. The quantitative estimate of drug-likeness (QED) is 0.600. The van der Waals surface area contributed by atoms with Crippen LogP contribution in [0.15, 0.2) is 59.5 Å². The van der Waals surface area contributed by atoms with Crippen LogP contribution in [0, 0.1) is 0 Å². The van der Waals surface area contributed by atoms with Gasteiger partial charge >= 0.3 is 16.1 Å². The lowest BCUT2D eigenvalue weighted by Gasteiger charge is -2.17. The Morgan fingerprint density at radius 1 is 1.04 bits per heavy atom. The lowest BCUT2D eigenvalue weighted by atomic mass is 9.96. The van der Waals surface area contributed by atoms with Crippen molar-refractivity contribution in [1.29, 1.82) is 0 Å². The number of carbonyl (C=O) groups excluding carboxylic acids is 1. The maximum Gasteiger partial charge on any atom is 0.339 e. The molecule has 122 valence electrons. The molecule has 0 amide bonds. The van der Waals surface area contributed by atoms with Crippen LogP contribution in [0.4, 0.5) is 0 Å². The van der Waals surface area contributed by atoms with E-state index in [-0.39, 0.29) is 10.6 Å². The topological polar surface area (TPSA) is 69.7 Å². The Labute approximate surface area is 136 Å². The zero-order chi connectivity index (χ0) is 16.9. The summed E-state index contributed by atoms with van der Waals surface area (Å²) >= 11 is 0. The Morgan fingerprint density at radius 3 is 2.26 bits per heavy atom. The second-order valence-corrected chi connectivity index (χ2v) is 6.42. The maximum absolute atomic E-state index is 12.4. The third-order valence-corrected chi connectivity index (χ3v) is 4.67. The minimum absolute atomic E-state index is 0.0564. The minimum atomic E-state index is -3.96. The standard InChI is InChI=1S/C17H18O5S/c1-3-14(17(18)21-2)15-11-7-8-12-16(15)22-23(19,20)13-9-5-4-6-10-13/h4-12,14H,3H2,1-2H3. The van der Waals surface area contributed by atoms with Gasteiger partial charge in [0.15, 0.2) is 0 Å². The molecule has 0 bridgehead atoms. The molecule has 0 aromatic heterocycles. The van der Waals surface area contributed by atoms with Crippen molar-refractivity contribution in [3.05, 3.63) is 60.2 Å². The molecule has 0 aliphatic heterocycles. The van der Waals surface area contributed by atoms with Gasteiger partial charge in [0, 0.05) is 5.56 Å². The molecular weight excluding hydrogens is 316 g/mol. The monoisotopic (exact) mass is 334 g/mol. The maximum atomic E-state index is 12.4. The van der Waals surface area contributed by atoms with E-state index in [2.05, 4.69) is 0 Å². The van der Waals surface area contributed by atoms with Crippen molar-refractivity contribution in [3.63, 3.8) is 0 Å². The number of rotatable bonds is 6. The Balaban J connectivity index is 2.40. The molecule has 0 aliphatic carbocycles. The van der Waals surface area contributed by atoms with E-state index < -0.39 is 22.0 Å². The molecule has 2 rings (SSSR count). The highest BCUT2D eigenvalue weighted by molar-refractivity contribution is 7.87. The lowest BCUT2D eigenvalue weighted by Crippen LogP contribution is -2.16. The van der Waals surface area contributed by atoms with E-state index in [1.54, 1.807) is 36.4 Å². The van der Waals surface area contributed by atoms with Crippen molar-refractivity contribution in [2.24, 2.45) is 0 Å². The van der Waals surface area contributed by atoms with Crippen molar-refractivity contribution >= 4 is 16.1 Å². The van der Waals surface area contributed by atoms with Gasteiger partial charge in [-0.3, -0.25) is 4.79 Å². The average molecular weight is 334 g/mol. The first-order chi connectivity index (χ1) is 11.0. The Morgan fingerprint density at radius 2 is 1.65 bits per heavy atom. The number of hydrogen-bond donors (Lipinski definition) is 0. The van der Waals surface area contributed by atoms with Crippen LogP contribution in [-0.4, -0.2) is 21.5 Å². The third kappa shape index (κ3) is 3.90. The van der Waals surface area contributed by atoms with Crippen molar-refractivity contribution in [2.45, 2.75) is 24.2 Å². The molecule has 2 aromatic rings. The van der Waals surface area contributed by atoms with Crippen molar-refractivity contribution in [1.82, 2.24) is 0 Å². The van der Waals surface area contributed by atoms with Crippen molar-refractivity contribution in [3.8, 4) is 5.75 Å². The van der Waals surface area contributed by atoms with E-state index in [0.29, 0.717) is 12.0 Å². The summed E-state index contributed by atoms with van der Waals surface area (Å²) in [6.07, 6.45) is 0.471. The normalized spacial score (nSPS) is 12.4. The van der Waals surface area contributed by atoms with E-state index >= 15 is 0 Å². The molecule has 0 aliphatic rings. The molecular formula is C17H18O5S. The first-order valence-corrected chi connectivity index (χ1v) is 8.56. The number of benzene rings is 2. The average Bonchev–Trinajstić information content (AvgIpc) is 2.57. The molecule has 1 unspecified atom stereocenters. The third-order valence-electron chi connectivity index (χ3n) is 3.42. The van der Waals surface area contributed by atoms with Crippen LogP contribution in [0.3, 0.4) is 0 Å². The fraction of sp³-hybridized carbons (Fsp3) is 0.235. The summed E-state index contributed by atoms with van der Waals surface area (Å²) in [4.78, 5) is 12.0. The predicted octanol–water partition coefficient (Wildman–Crippen LogP) is 3.12. The van der Waals surface area contributed by atoms with E-state index in [4.69, 9.17) is 8.92 Å². The van der Waals surface area contributed by atoms with Gasteiger partial charge in [0.05, 0.1) is 13.0 Å². The van der Waals surface area contributed by atoms with Gasteiger partial charge in [-0.25, -0.2) is 0 Å². The molecule has 0 heterocycles. The number of ether oxygens (including phenoxy) is 1. The highest BCUT2D eigenvalue weighted by Crippen LogP contribution is 2.31. The van der Waals surface area contributed by atoms with Crippen LogP contribution in [0.1, 0.15) is 24.8 Å². The molecule has 5 nitrogen and oxygen atoms in total. The molecule has 2 aromatic carbocycles. The molecule has 0 saturated carbocycles. The number of para-hydroxylation sites is 1. The van der Waals surface area contributed by atoms with Crippen molar-refractivity contribution in [2.75, 3.05) is 7.11 Å². The fourth-order valence-electron chi connectivity index (χ4n) is 2.25. The van der Waals surface area contributed by atoms with Crippen LogP contribution in [-0.2, 0) is 19.6 Å². The molecule has 0 N–H and O–H groups in total. The van der Waals surface area contributed by atoms with Crippen LogP contribution >= 0.6 is 0 Å². The van der Waals surface area contributed by atoms with Crippen LogP contribution in [0.25, 0.3) is 0 Å². The number of hydrogen-bond acceptors (Lipinski definition) is 5. The van der Waals surface area contributed by atoms with E-state index in [0.717, 1.165) is 0 Å². The molecule has 23 heavy (non-hydrogen) atoms. The molecule has 0 saturated heterocycles. The van der Waals surface area contributed by atoms with E-state index in [1.807, 2.05) is 6.92 Å². The van der Waals surface area contributed by atoms with Gasteiger partial charge < -0.3 is 8.92 Å². The zero-order valence-electron chi connectivity index (χ0n) is 12.9. The van der Waals surface area contributed by atoms with Crippen molar-refractivity contribution < 1.29 is 22.1 Å². The Hall–Kier alpha value is -2.34. The Bertz CT molecular complexity index is 769. The lowest BCUT2D eigenvalue weighted by molar-refractivity contribution is -0.142. The predicted molar refractivity (Wildman–Crippen MR) is 85.7 cm³/mol. The summed E-state index contributed by atoms with van der Waals surface area (Å²) in [7, 11) is -2.66. The van der Waals surface area contributed by atoms with Gasteiger partial charge in [-0.2, -0.15) is 8.42 Å². The smallest absolute Gasteiger partial charge is 0.339 e. The van der Waals surface area contributed by atoms with Gasteiger partial charge in [-0.1, -0.05) is 43.3 Å². The van der Waals surface area contributed by atoms with Crippen LogP contribution < -0.4 is 4.18 Å². The first kappa shape index (κ1) is 17.0. The summed E-state index contributed by atoms with van der Waals surface area (Å²) < 4.78 is 34.8. The van der Waals surface area contributed by atoms with Gasteiger partial charge in [-0.15, -0.1) is 0 Å². The largest absolute Gasteiger partial charge is 0.469 e. The summed E-state index contributed by atoms with van der Waals surface area (Å²) in [6, 6.07) is 14.4. The summed E-state index contributed by atoms with van der Waals surface area (Å²) in [5.41, 5.74) is 0.487. The summed E-state index contributed by atoms with van der Waals surface area (Å²) in [5.74, 6) is -0.878. The second kappa shape index (κ2) is 7.28. The molecule has 0 fully saturated rings. The van der Waals surface area contributed by atoms with Crippen LogP contribution in [0.5, 0.6) is 5.75 Å². The zero-order valence-corrected chi connectivity index (χ0v) is 13.7. The highest BCUT2D eigenvalue weighted by Gasteiger charge is 2.25. The SMILES string of the molecule is CCC(C(=O)OC)c1ccccc1OS(=O)(=O)c1ccccc1. The number of esters is 1. The summed E-state index contributed by atoms with van der Waals surface area (Å²) in [6.45, 7) is 1.82. The molecule has 0 spiro atoms. The number of carbonyl (C=O) groups is 1. The fourth-order valence-corrected chi connectivity index (χ4v) is 3.23. The number of methoxy groups -OCH3 is 1. The van der Waals surface area contributed by atoms with Crippen LogP contribution in [0.2, 0.25) is 0 Å². The van der Waals surface area contributed by atoms with Gasteiger partial charge in [0.25, 0.3) is 0 Å². The van der Waals surface area contributed by atoms with E-state index in [9.17, 15) is 13.2 Å². The van der Waals surface area contributed by atoms with Gasteiger partial charge in [0.2, 0.25) is 0 Å².